The van der Waals surface area contributed by atoms with E-state index in [1.807, 2.05) is 49.6 Å². The van der Waals surface area contributed by atoms with Crippen molar-refractivity contribution in [3.8, 4) is 0 Å². The molecule has 0 spiro atoms. The summed E-state index contributed by atoms with van der Waals surface area (Å²) in [7, 11) is 0. The highest BCUT2D eigenvalue weighted by Gasteiger charge is 2.46. The van der Waals surface area contributed by atoms with E-state index >= 15 is 0 Å². The second kappa shape index (κ2) is 6.55. The zero-order valence-corrected chi connectivity index (χ0v) is 15.6. The average Bonchev–Trinajstić information content (AvgIpc) is 3.40. The summed E-state index contributed by atoms with van der Waals surface area (Å²) in [4.78, 5) is 28.3. The summed E-state index contributed by atoms with van der Waals surface area (Å²) in [6.07, 6.45) is 1.39. The summed E-state index contributed by atoms with van der Waals surface area (Å²) in [5, 5.41) is 12.5. The lowest BCUT2D eigenvalue weighted by molar-refractivity contribution is -0.117. The third-order valence-electron chi connectivity index (χ3n) is 4.85. The van der Waals surface area contributed by atoms with Crippen LogP contribution in [0.15, 0.2) is 69.9 Å². The second-order valence-electron chi connectivity index (χ2n) is 6.38. The van der Waals surface area contributed by atoms with Gasteiger partial charge in [-0.1, -0.05) is 18.2 Å². The van der Waals surface area contributed by atoms with Crippen LogP contribution < -0.4 is 4.90 Å². The summed E-state index contributed by atoms with van der Waals surface area (Å²) >= 11 is 1.43. The summed E-state index contributed by atoms with van der Waals surface area (Å²) < 4.78 is 5.22. The lowest BCUT2D eigenvalue weighted by Crippen LogP contribution is -2.31. The third kappa shape index (κ3) is 2.69. The van der Waals surface area contributed by atoms with Gasteiger partial charge in [0.1, 0.15) is 6.04 Å². The number of carbonyl (C=O) groups excluding carboxylic acids is 2. The van der Waals surface area contributed by atoms with Gasteiger partial charge >= 0.3 is 0 Å². The van der Waals surface area contributed by atoms with Crippen LogP contribution in [0.3, 0.4) is 0 Å². The monoisotopic (exact) mass is 379 g/mol. The smallest absolute Gasteiger partial charge is 0.294 e. The fourth-order valence-electron chi connectivity index (χ4n) is 3.34. The molecule has 3 heterocycles. The van der Waals surface area contributed by atoms with Crippen LogP contribution in [0.4, 0.5) is 5.69 Å². The minimum absolute atomic E-state index is 0.0401. The van der Waals surface area contributed by atoms with Gasteiger partial charge in [-0.2, -0.15) is 0 Å². The van der Waals surface area contributed by atoms with E-state index in [1.54, 1.807) is 6.07 Å². The van der Waals surface area contributed by atoms with Crippen LogP contribution in [-0.2, 0) is 4.79 Å². The number of hydrogen-bond acceptors (Lipinski definition) is 5. The van der Waals surface area contributed by atoms with E-state index in [2.05, 4.69) is 0 Å². The molecule has 0 bridgehead atoms. The maximum absolute atomic E-state index is 13.0. The molecular weight excluding hydrogens is 362 g/mol. The molecule has 0 aliphatic carbocycles. The standard InChI is InChI=1S/C21H17NO4S/c1-12-6-3-7-14(13(12)2)22-18(16-9-5-11-27-16)17(20(24)21(22)25)19(23)15-8-4-10-26-15/h3-11,18,24H,1-2H3. The number of Topliss-reactive ketones (excluding diaryl/α,β-unsaturated/α-hetero) is 1. The Morgan fingerprint density at radius 1 is 1.15 bits per heavy atom. The van der Waals surface area contributed by atoms with Crippen molar-refractivity contribution in [2.75, 3.05) is 4.90 Å². The number of ketones is 1. The first kappa shape index (κ1) is 17.3. The number of benzene rings is 1. The molecule has 4 rings (SSSR count). The number of anilines is 1. The highest BCUT2D eigenvalue weighted by molar-refractivity contribution is 7.10. The Labute approximate surface area is 160 Å². The van der Waals surface area contributed by atoms with Crippen LogP contribution >= 0.6 is 11.3 Å². The van der Waals surface area contributed by atoms with E-state index in [0.29, 0.717) is 5.69 Å². The van der Waals surface area contributed by atoms with Gasteiger partial charge in [0.25, 0.3) is 5.91 Å². The molecule has 1 aliphatic rings. The fourth-order valence-corrected chi connectivity index (χ4v) is 4.16. The van der Waals surface area contributed by atoms with Crippen molar-refractivity contribution in [2.24, 2.45) is 0 Å². The van der Waals surface area contributed by atoms with Crippen molar-refractivity contribution in [1.82, 2.24) is 0 Å². The number of aryl methyl sites for hydroxylation is 1. The first-order valence-corrected chi connectivity index (χ1v) is 9.33. The number of aliphatic hydroxyl groups is 1. The molecule has 0 radical (unpaired) electrons. The first-order valence-electron chi connectivity index (χ1n) is 8.45. The number of amides is 1. The molecule has 2 aromatic heterocycles. The van der Waals surface area contributed by atoms with Gasteiger partial charge in [0, 0.05) is 10.6 Å². The number of thiophene rings is 1. The first-order chi connectivity index (χ1) is 13.0. The highest BCUT2D eigenvalue weighted by Crippen LogP contribution is 2.44. The fraction of sp³-hybridized carbons (Fsp3) is 0.143. The molecule has 1 unspecified atom stereocenters. The summed E-state index contributed by atoms with van der Waals surface area (Å²) in [5.41, 5.74) is 2.66. The van der Waals surface area contributed by atoms with Crippen LogP contribution in [-0.4, -0.2) is 16.8 Å². The Hall–Kier alpha value is -3.12. The minimum Gasteiger partial charge on any atom is -0.503 e. The van der Waals surface area contributed by atoms with Crippen LogP contribution in [0.25, 0.3) is 0 Å². The number of nitrogens with zero attached hydrogens (tertiary/aromatic N) is 1. The lowest BCUT2D eigenvalue weighted by atomic mass is 9.99. The molecule has 1 aromatic carbocycles. The Morgan fingerprint density at radius 3 is 2.63 bits per heavy atom. The van der Waals surface area contributed by atoms with Gasteiger partial charge in [0.2, 0.25) is 5.78 Å². The Morgan fingerprint density at radius 2 is 1.96 bits per heavy atom. The van der Waals surface area contributed by atoms with E-state index < -0.39 is 23.5 Å². The highest BCUT2D eigenvalue weighted by atomic mass is 32.1. The van der Waals surface area contributed by atoms with E-state index in [0.717, 1.165) is 16.0 Å². The van der Waals surface area contributed by atoms with Crippen LogP contribution in [0.2, 0.25) is 0 Å². The van der Waals surface area contributed by atoms with Crippen LogP contribution in [0, 0.1) is 13.8 Å². The number of hydrogen-bond donors (Lipinski definition) is 1. The van der Waals surface area contributed by atoms with E-state index in [-0.39, 0.29) is 11.3 Å². The quantitative estimate of drug-likeness (QED) is 0.665. The van der Waals surface area contributed by atoms with Gasteiger partial charge in [0.05, 0.1) is 11.8 Å². The Kier molecular flexibility index (Phi) is 4.20. The van der Waals surface area contributed by atoms with Gasteiger partial charge < -0.3 is 9.52 Å². The maximum atomic E-state index is 13.0. The summed E-state index contributed by atoms with van der Waals surface area (Å²) in [5.74, 6) is -1.52. The molecule has 136 valence electrons. The van der Waals surface area contributed by atoms with Crippen molar-refractivity contribution in [2.45, 2.75) is 19.9 Å². The predicted octanol–water partition coefficient (Wildman–Crippen LogP) is 4.74. The van der Waals surface area contributed by atoms with E-state index in [9.17, 15) is 14.7 Å². The second-order valence-corrected chi connectivity index (χ2v) is 7.36. The molecule has 6 heteroatoms. The number of aliphatic hydroxyl groups excluding tert-OH is 1. The molecular formula is C21H17NO4S. The van der Waals surface area contributed by atoms with Crippen molar-refractivity contribution in [3.63, 3.8) is 0 Å². The van der Waals surface area contributed by atoms with Crippen LogP contribution in [0.5, 0.6) is 0 Å². The molecule has 1 atom stereocenters. The van der Waals surface area contributed by atoms with Crippen molar-refractivity contribution in [1.29, 1.82) is 0 Å². The van der Waals surface area contributed by atoms with E-state index in [1.165, 1.54) is 28.6 Å². The molecule has 1 amide bonds. The maximum Gasteiger partial charge on any atom is 0.294 e. The molecule has 0 saturated carbocycles. The topological polar surface area (TPSA) is 70.8 Å². The SMILES string of the molecule is Cc1cccc(N2C(=O)C(O)=C(C(=O)c3ccco3)C2c2cccs2)c1C. The van der Waals surface area contributed by atoms with Crippen molar-refractivity contribution >= 4 is 28.7 Å². The van der Waals surface area contributed by atoms with Gasteiger partial charge in [-0.3, -0.25) is 14.5 Å². The zero-order valence-electron chi connectivity index (χ0n) is 14.8. The largest absolute Gasteiger partial charge is 0.503 e. The summed E-state index contributed by atoms with van der Waals surface area (Å²) in [6.45, 7) is 3.88. The third-order valence-corrected chi connectivity index (χ3v) is 5.77. The molecule has 1 aliphatic heterocycles. The number of carbonyl (C=O) groups is 2. The average molecular weight is 379 g/mol. The van der Waals surface area contributed by atoms with Gasteiger partial charge in [-0.15, -0.1) is 11.3 Å². The number of furan rings is 1. The Bertz CT molecular complexity index is 1050. The van der Waals surface area contributed by atoms with Crippen molar-refractivity contribution < 1.29 is 19.1 Å². The van der Waals surface area contributed by atoms with Crippen molar-refractivity contribution in [3.05, 3.63) is 87.2 Å². The lowest BCUT2D eigenvalue weighted by Gasteiger charge is -2.27. The molecule has 0 saturated heterocycles. The van der Waals surface area contributed by atoms with Gasteiger partial charge in [0.15, 0.2) is 11.5 Å². The molecule has 1 N–H and O–H groups in total. The van der Waals surface area contributed by atoms with E-state index in [4.69, 9.17) is 4.42 Å². The predicted molar refractivity (Wildman–Crippen MR) is 103 cm³/mol. The van der Waals surface area contributed by atoms with Crippen LogP contribution in [0.1, 0.15) is 32.6 Å². The molecule has 27 heavy (non-hydrogen) atoms. The van der Waals surface area contributed by atoms with Gasteiger partial charge in [-0.05, 0) is 54.6 Å². The zero-order chi connectivity index (χ0) is 19.1. The normalized spacial score (nSPS) is 17.0. The molecule has 3 aromatic rings. The van der Waals surface area contributed by atoms with Gasteiger partial charge in [-0.25, -0.2) is 0 Å². The summed E-state index contributed by atoms with van der Waals surface area (Å²) in [6, 6.07) is 11.8. The molecule has 5 nitrogen and oxygen atoms in total. The minimum atomic E-state index is -0.699. The Balaban J connectivity index is 1.90. The number of rotatable bonds is 4. The molecule has 0 fully saturated rings.